The Labute approximate surface area is 712 Å². The van der Waals surface area contributed by atoms with E-state index in [-0.39, 0.29) is 5.48 Å². The van der Waals surface area contributed by atoms with Gasteiger partial charge in [-0.15, -0.1) is 0 Å². The largest absolute Gasteiger partial charge is 0.412 e. The molecule has 1 nitrogen and oxygen atoms in total. The SMILES string of the molecule is CCCCCC.CCCCCC.CCCCCC.CCCCCC.CCCCCC.CCCCCC.CCCCCC.CCCCCC.CCCCCC.CCCCCC.CCCCCC.CCCCCC.CCCCCC.CCCCCC.CCCCCC.CCCCCC.CCCCCC.CCCCCC.O. The van der Waals surface area contributed by atoms with Gasteiger partial charge in [-0.1, -0.05) is 712 Å². The summed E-state index contributed by atoms with van der Waals surface area (Å²) in [6.07, 6.45) is 99.7. The standard InChI is InChI=1S/18C6H14.H2O/c18*1-3-5-6-4-2;/h18*3-6H2,1-2H3;1H2. The quantitative estimate of drug-likeness (QED) is 0.0544. The van der Waals surface area contributed by atoms with E-state index in [4.69, 9.17) is 0 Å². The van der Waals surface area contributed by atoms with Gasteiger partial charge in [-0.3, -0.25) is 0 Å². The van der Waals surface area contributed by atoms with Crippen molar-refractivity contribution in [3.63, 3.8) is 0 Å². The van der Waals surface area contributed by atoms with Gasteiger partial charge in [0.2, 0.25) is 0 Å². The summed E-state index contributed by atoms with van der Waals surface area (Å²) >= 11 is 0. The molecule has 0 aromatic heterocycles. The van der Waals surface area contributed by atoms with Crippen molar-refractivity contribution >= 4 is 0 Å². The van der Waals surface area contributed by atoms with Gasteiger partial charge in [-0.2, -0.15) is 0 Å². The molecular weight excluding hydrogens is 1310 g/mol. The molecule has 0 saturated carbocycles. The van der Waals surface area contributed by atoms with Crippen LogP contribution in [-0.2, 0) is 0 Å². The second-order valence-electron chi connectivity index (χ2n) is 30.7. The van der Waals surface area contributed by atoms with E-state index < -0.39 is 0 Å². The Kier molecular flexibility index (Phi) is 343. The second-order valence-corrected chi connectivity index (χ2v) is 30.7. The first-order valence-corrected chi connectivity index (χ1v) is 52.5. The van der Waals surface area contributed by atoms with Crippen molar-refractivity contribution in [2.75, 3.05) is 0 Å². The smallest absolute Gasteiger partial charge is 0.0536 e. The van der Waals surface area contributed by atoms with E-state index in [9.17, 15) is 0 Å². The number of rotatable bonds is 54. The van der Waals surface area contributed by atoms with Crippen molar-refractivity contribution in [2.24, 2.45) is 0 Å². The zero-order chi connectivity index (χ0) is 86.9. The molecule has 0 spiro atoms. The molecule has 0 heterocycles. The highest BCUT2D eigenvalue weighted by Gasteiger charge is 1.84. The van der Waals surface area contributed by atoms with Crippen LogP contribution in [0.3, 0.4) is 0 Å². The molecule has 0 bridgehead atoms. The molecule has 0 rings (SSSR count). The van der Waals surface area contributed by atoms with E-state index in [0.717, 1.165) is 0 Å². The third-order valence-electron chi connectivity index (χ3n) is 17.2. The molecule has 0 unspecified atom stereocenters. The van der Waals surface area contributed by atoms with Gasteiger partial charge in [0, 0.05) is 0 Å². The molecule has 0 saturated heterocycles. The predicted molar refractivity (Wildman–Crippen MR) is 540 cm³/mol. The lowest BCUT2D eigenvalue weighted by atomic mass is 10.2. The molecular formula is C108H254O. The van der Waals surface area contributed by atoms with E-state index in [1.807, 2.05) is 0 Å². The maximum atomic E-state index is 2.23. The third-order valence-corrected chi connectivity index (χ3v) is 17.2. The Balaban J connectivity index is -0.0000000463. The van der Waals surface area contributed by atoms with Crippen LogP contribution in [0.15, 0.2) is 0 Å². The van der Waals surface area contributed by atoms with E-state index >= 15 is 0 Å². The molecule has 0 aromatic rings. The molecule has 2 N–H and O–H groups in total. The first kappa shape index (κ1) is 157. The van der Waals surface area contributed by atoms with Gasteiger partial charge < -0.3 is 5.48 Å². The lowest BCUT2D eigenvalue weighted by Crippen LogP contribution is -1.66. The highest BCUT2D eigenvalue weighted by atomic mass is 16.0. The molecule has 0 aliphatic rings. The van der Waals surface area contributed by atoms with Gasteiger partial charge >= 0.3 is 0 Å². The fourth-order valence-corrected chi connectivity index (χ4v) is 9.00. The third kappa shape index (κ3) is 416. The minimum absolute atomic E-state index is 0. The molecule has 0 atom stereocenters. The molecule has 109 heavy (non-hydrogen) atoms. The topological polar surface area (TPSA) is 31.5 Å². The maximum Gasteiger partial charge on any atom is -0.0536 e. The van der Waals surface area contributed by atoms with Crippen LogP contribution in [0.5, 0.6) is 0 Å². The van der Waals surface area contributed by atoms with Crippen LogP contribution in [0.25, 0.3) is 0 Å². The summed E-state index contributed by atoms with van der Waals surface area (Å²) in [6, 6.07) is 0. The van der Waals surface area contributed by atoms with Gasteiger partial charge in [0.15, 0.2) is 0 Å². The highest BCUT2D eigenvalue weighted by molar-refractivity contribution is 4.40. The van der Waals surface area contributed by atoms with Crippen molar-refractivity contribution in [3.8, 4) is 0 Å². The molecule has 692 valence electrons. The zero-order valence-electron chi connectivity index (χ0n) is 87.4. The summed E-state index contributed by atoms with van der Waals surface area (Å²) < 4.78 is 0. The molecule has 0 fully saturated rings. The Morgan fingerprint density at radius 2 is 0.0734 bits per heavy atom. The number of hydrogen-bond acceptors (Lipinski definition) is 0. The van der Waals surface area contributed by atoms with Crippen LogP contribution in [-0.4, -0.2) is 5.48 Å². The molecule has 0 aromatic carbocycles. The fraction of sp³-hybridized carbons (Fsp3) is 1.00. The van der Waals surface area contributed by atoms with Crippen molar-refractivity contribution in [1.29, 1.82) is 0 Å². The fourth-order valence-electron chi connectivity index (χ4n) is 9.00. The predicted octanol–water partition coefficient (Wildman–Crippen LogP) is 45.7. The lowest BCUT2D eigenvalue weighted by molar-refractivity contribution is 0.702. The number of hydrogen-bond donors (Lipinski definition) is 0. The van der Waals surface area contributed by atoms with Crippen LogP contribution < -0.4 is 0 Å². The summed E-state index contributed by atoms with van der Waals surface area (Å²) in [5, 5.41) is 0. The Bertz CT molecular complexity index is 524. The first-order valence-electron chi connectivity index (χ1n) is 52.5. The Morgan fingerprint density at radius 1 is 0.0550 bits per heavy atom. The van der Waals surface area contributed by atoms with Gasteiger partial charge in [0.1, 0.15) is 0 Å². The Hall–Kier alpha value is -0.0400. The summed E-state index contributed by atoms with van der Waals surface area (Å²) in [5.41, 5.74) is 0. The van der Waals surface area contributed by atoms with Crippen molar-refractivity contribution in [1.82, 2.24) is 0 Å². The molecule has 0 aliphatic heterocycles. The number of unbranched alkanes of at least 4 members (excludes halogenated alkanes) is 54. The maximum absolute atomic E-state index is 2.23. The molecule has 0 amide bonds. The normalized spacial score (nSPS) is 8.92. The van der Waals surface area contributed by atoms with Crippen LogP contribution in [0.2, 0.25) is 0 Å². The summed E-state index contributed by atoms with van der Waals surface area (Å²) in [7, 11) is 0. The zero-order valence-corrected chi connectivity index (χ0v) is 87.4. The van der Waals surface area contributed by atoms with E-state index in [1.165, 1.54) is 462 Å². The van der Waals surface area contributed by atoms with Gasteiger partial charge in [-0.25, -0.2) is 0 Å². The van der Waals surface area contributed by atoms with Gasteiger partial charge in [0.05, 0.1) is 0 Å². The van der Waals surface area contributed by atoms with Gasteiger partial charge in [0.25, 0.3) is 0 Å². The van der Waals surface area contributed by atoms with Crippen molar-refractivity contribution in [2.45, 2.75) is 712 Å². The minimum Gasteiger partial charge on any atom is -0.412 e. The average molecular weight is 1570 g/mol. The van der Waals surface area contributed by atoms with E-state index in [0.29, 0.717) is 0 Å². The average Bonchev–Trinajstić information content (AvgIpc) is 3.71. The van der Waals surface area contributed by atoms with E-state index in [1.54, 1.807) is 0 Å². The van der Waals surface area contributed by atoms with Crippen LogP contribution in [0.4, 0.5) is 0 Å². The first-order chi connectivity index (χ1) is 52.5. The van der Waals surface area contributed by atoms with Crippen LogP contribution >= 0.6 is 0 Å². The minimum atomic E-state index is 0. The summed E-state index contributed by atoms with van der Waals surface area (Å²) in [4.78, 5) is 0. The molecule has 0 aliphatic carbocycles. The highest BCUT2D eigenvalue weighted by Crippen LogP contribution is 2.04. The van der Waals surface area contributed by atoms with Crippen LogP contribution in [0.1, 0.15) is 712 Å². The van der Waals surface area contributed by atoms with Crippen molar-refractivity contribution in [3.05, 3.63) is 0 Å². The van der Waals surface area contributed by atoms with Gasteiger partial charge in [-0.05, 0) is 0 Å². The van der Waals surface area contributed by atoms with Crippen LogP contribution in [0, 0.1) is 0 Å². The molecule has 1 heteroatoms. The van der Waals surface area contributed by atoms with Crippen molar-refractivity contribution < 1.29 is 5.48 Å². The van der Waals surface area contributed by atoms with E-state index in [2.05, 4.69) is 249 Å². The summed E-state index contributed by atoms with van der Waals surface area (Å²) in [5.74, 6) is 0. The molecule has 0 radical (unpaired) electrons. The monoisotopic (exact) mass is 1570 g/mol. The second kappa shape index (κ2) is 239. The summed E-state index contributed by atoms with van der Waals surface area (Å²) in [6.45, 7) is 80.3. The Morgan fingerprint density at radius 3 is 0.0826 bits per heavy atom. The lowest BCUT2D eigenvalue weighted by Gasteiger charge is -1.86.